The summed E-state index contributed by atoms with van der Waals surface area (Å²) in [6.07, 6.45) is -10.3. The number of carbonyl (C=O) groups is 1. The molecule has 0 aliphatic heterocycles. The van der Waals surface area contributed by atoms with Gasteiger partial charge >= 0.3 is 18.3 Å². The van der Waals surface area contributed by atoms with E-state index in [9.17, 15) is 41.3 Å². The van der Waals surface area contributed by atoms with Gasteiger partial charge in [-0.2, -0.15) is 26.3 Å². The predicted octanol–water partition coefficient (Wildman–Crippen LogP) is 5.00. The molecule has 26 heavy (non-hydrogen) atoms. The van der Waals surface area contributed by atoms with Gasteiger partial charge in [0, 0.05) is 12.1 Å². The SMILES string of the molecule is O=C(O)c1ccc(-c2ccc([N+](=O)[O-])cc2C(F)(F)F)c(C(F)(F)F)c1. The summed E-state index contributed by atoms with van der Waals surface area (Å²) in [4.78, 5) is 20.4. The second-order valence-corrected chi connectivity index (χ2v) is 5.05. The van der Waals surface area contributed by atoms with E-state index in [2.05, 4.69) is 0 Å². The second-order valence-electron chi connectivity index (χ2n) is 5.05. The van der Waals surface area contributed by atoms with Crippen molar-refractivity contribution in [3.8, 4) is 11.1 Å². The molecule has 0 unspecified atom stereocenters. The van der Waals surface area contributed by atoms with Crippen LogP contribution in [0.4, 0.5) is 32.0 Å². The Bertz CT molecular complexity index is 815. The van der Waals surface area contributed by atoms with E-state index in [1.54, 1.807) is 0 Å². The van der Waals surface area contributed by atoms with Gasteiger partial charge in [0.1, 0.15) is 0 Å². The van der Waals surface area contributed by atoms with E-state index >= 15 is 0 Å². The highest BCUT2D eigenvalue weighted by atomic mass is 19.4. The number of alkyl halides is 6. The van der Waals surface area contributed by atoms with Crippen molar-refractivity contribution in [2.24, 2.45) is 0 Å². The van der Waals surface area contributed by atoms with Gasteiger partial charge in [-0.1, -0.05) is 6.07 Å². The molecular formula is C15H7F6NO4. The van der Waals surface area contributed by atoms with Gasteiger partial charge in [0.15, 0.2) is 0 Å². The Balaban J connectivity index is 2.83. The van der Waals surface area contributed by atoms with Crippen molar-refractivity contribution in [3.63, 3.8) is 0 Å². The fraction of sp³-hybridized carbons (Fsp3) is 0.133. The Morgan fingerprint density at radius 3 is 1.77 bits per heavy atom. The van der Waals surface area contributed by atoms with Crippen molar-refractivity contribution in [1.82, 2.24) is 0 Å². The Morgan fingerprint density at radius 1 is 0.885 bits per heavy atom. The molecule has 2 aromatic rings. The van der Waals surface area contributed by atoms with Crippen LogP contribution in [0.3, 0.4) is 0 Å². The van der Waals surface area contributed by atoms with E-state index in [-0.39, 0.29) is 12.1 Å². The highest BCUT2D eigenvalue weighted by molar-refractivity contribution is 5.89. The van der Waals surface area contributed by atoms with Crippen LogP contribution in [0, 0.1) is 10.1 Å². The van der Waals surface area contributed by atoms with E-state index in [0.29, 0.717) is 24.3 Å². The fourth-order valence-corrected chi connectivity index (χ4v) is 2.26. The average Bonchev–Trinajstić information content (AvgIpc) is 2.52. The van der Waals surface area contributed by atoms with E-state index in [4.69, 9.17) is 5.11 Å². The largest absolute Gasteiger partial charge is 0.478 e. The van der Waals surface area contributed by atoms with E-state index in [0.717, 1.165) is 0 Å². The number of non-ortho nitro benzene ring substituents is 1. The lowest BCUT2D eigenvalue weighted by Gasteiger charge is -2.18. The number of nitro groups is 1. The topological polar surface area (TPSA) is 80.4 Å². The third-order valence-corrected chi connectivity index (χ3v) is 3.38. The minimum atomic E-state index is -5.17. The van der Waals surface area contributed by atoms with Crippen LogP contribution in [0.5, 0.6) is 0 Å². The van der Waals surface area contributed by atoms with Gasteiger partial charge in [0.25, 0.3) is 5.69 Å². The van der Waals surface area contributed by atoms with E-state index in [1.807, 2.05) is 0 Å². The average molecular weight is 379 g/mol. The van der Waals surface area contributed by atoms with Gasteiger partial charge in [0.05, 0.1) is 21.6 Å². The van der Waals surface area contributed by atoms with Crippen molar-refractivity contribution in [3.05, 3.63) is 63.2 Å². The van der Waals surface area contributed by atoms with Crippen LogP contribution in [0.15, 0.2) is 36.4 Å². The van der Waals surface area contributed by atoms with Crippen LogP contribution in [0.1, 0.15) is 21.5 Å². The van der Waals surface area contributed by atoms with Crippen LogP contribution >= 0.6 is 0 Å². The molecule has 11 heteroatoms. The van der Waals surface area contributed by atoms with Gasteiger partial charge in [0.2, 0.25) is 0 Å². The molecule has 0 aliphatic rings. The summed E-state index contributed by atoms with van der Waals surface area (Å²) in [6.45, 7) is 0. The first-order valence-electron chi connectivity index (χ1n) is 6.63. The minimum absolute atomic E-state index is 0.126. The third-order valence-electron chi connectivity index (χ3n) is 3.38. The van der Waals surface area contributed by atoms with Gasteiger partial charge in [-0.25, -0.2) is 4.79 Å². The number of benzene rings is 2. The number of carboxylic acids is 1. The summed E-state index contributed by atoms with van der Waals surface area (Å²) in [7, 11) is 0. The molecule has 0 aromatic heterocycles. The number of carboxylic acid groups (broad SMARTS) is 1. The normalized spacial score (nSPS) is 12.1. The molecule has 0 saturated heterocycles. The Hall–Kier alpha value is -3.11. The van der Waals surface area contributed by atoms with Gasteiger partial charge < -0.3 is 5.11 Å². The van der Waals surface area contributed by atoms with E-state index < -0.39 is 56.7 Å². The summed E-state index contributed by atoms with van der Waals surface area (Å²) >= 11 is 0. The van der Waals surface area contributed by atoms with Crippen LogP contribution in [0.25, 0.3) is 11.1 Å². The first-order valence-corrected chi connectivity index (χ1v) is 6.63. The third kappa shape index (κ3) is 3.76. The molecule has 2 aromatic carbocycles. The molecule has 2 rings (SSSR count). The van der Waals surface area contributed by atoms with Gasteiger partial charge in [-0.05, 0) is 29.3 Å². The molecule has 0 amide bonds. The number of rotatable bonds is 3. The summed E-state index contributed by atoms with van der Waals surface area (Å²) in [5.41, 5.74) is -6.84. The fourth-order valence-electron chi connectivity index (χ4n) is 2.26. The number of nitrogens with zero attached hydrogens (tertiary/aromatic N) is 1. The number of hydrogen-bond acceptors (Lipinski definition) is 3. The highest BCUT2D eigenvalue weighted by Gasteiger charge is 2.39. The molecule has 5 nitrogen and oxygen atoms in total. The Kier molecular flexibility index (Phi) is 4.67. The number of aromatic carboxylic acids is 1. The Labute approximate surface area is 140 Å². The zero-order valence-electron chi connectivity index (χ0n) is 12.4. The van der Waals surface area contributed by atoms with Crippen LogP contribution in [-0.2, 0) is 12.4 Å². The molecule has 0 bridgehead atoms. The monoisotopic (exact) mass is 379 g/mol. The van der Waals surface area contributed by atoms with Crippen molar-refractivity contribution in [2.45, 2.75) is 12.4 Å². The lowest BCUT2D eigenvalue weighted by molar-refractivity contribution is -0.385. The maximum absolute atomic E-state index is 13.2. The number of nitro benzene ring substituents is 1. The second kappa shape index (κ2) is 6.32. The number of hydrogen-bond donors (Lipinski definition) is 1. The summed E-state index contributed by atoms with van der Waals surface area (Å²) < 4.78 is 79.3. The highest BCUT2D eigenvalue weighted by Crippen LogP contribution is 2.44. The zero-order chi connectivity index (χ0) is 19.9. The molecular weight excluding hydrogens is 372 g/mol. The smallest absolute Gasteiger partial charge is 0.417 e. The standard InChI is InChI=1S/C15H7F6NO4/c16-14(17,18)11-5-7(13(23)24)1-3-9(11)10-4-2-8(22(25)26)6-12(10)15(19,20)21/h1-6H,(H,23,24). The molecule has 0 heterocycles. The minimum Gasteiger partial charge on any atom is -0.478 e. The summed E-state index contributed by atoms with van der Waals surface area (Å²) in [5.74, 6) is -1.69. The molecule has 0 radical (unpaired) electrons. The van der Waals surface area contributed by atoms with Gasteiger partial charge in [-0.15, -0.1) is 0 Å². The molecule has 1 N–H and O–H groups in total. The molecule has 0 atom stereocenters. The van der Waals surface area contributed by atoms with Crippen LogP contribution in [0.2, 0.25) is 0 Å². The molecule has 0 fully saturated rings. The number of halogens is 6. The van der Waals surface area contributed by atoms with Crippen molar-refractivity contribution >= 4 is 11.7 Å². The van der Waals surface area contributed by atoms with Crippen LogP contribution in [-0.4, -0.2) is 16.0 Å². The first-order chi connectivity index (χ1) is 11.8. The molecule has 0 saturated carbocycles. The lowest BCUT2D eigenvalue weighted by Crippen LogP contribution is -2.13. The molecule has 0 aliphatic carbocycles. The van der Waals surface area contributed by atoms with Crippen molar-refractivity contribution in [2.75, 3.05) is 0 Å². The molecule has 0 spiro atoms. The Morgan fingerprint density at radius 2 is 1.35 bits per heavy atom. The van der Waals surface area contributed by atoms with Crippen molar-refractivity contribution in [1.29, 1.82) is 0 Å². The van der Waals surface area contributed by atoms with Crippen molar-refractivity contribution < 1.29 is 41.2 Å². The van der Waals surface area contributed by atoms with E-state index in [1.165, 1.54) is 0 Å². The molecule has 138 valence electrons. The summed E-state index contributed by atoms with van der Waals surface area (Å²) in [5, 5.41) is 19.5. The maximum Gasteiger partial charge on any atom is 0.417 e. The maximum atomic E-state index is 13.2. The predicted molar refractivity (Wildman–Crippen MR) is 75.5 cm³/mol. The summed E-state index contributed by atoms with van der Waals surface area (Å²) in [6, 6.07) is 2.82. The quantitative estimate of drug-likeness (QED) is 0.462. The first kappa shape index (κ1) is 19.2. The van der Waals surface area contributed by atoms with Crippen LogP contribution < -0.4 is 0 Å². The lowest BCUT2D eigenvalue weighted by atomic mass is 9.93. The van der Waals surface area contributed by atoms with Gasteiger partial charge in [-0.3, -0.25) is 10.1 Å². The zero-order valence-corrected chi connectivity index (χ0v) is 12.4.